The van der Waals surface area contributed by atoms with Gasteiger partial charge in [0.1, 0.15) is 11.6 Å². The van der Waals surface area contributed by atoms with Gasteiger partial charge in [0, 0.05) is 24.8 Å². The number of hydrogen-bond acceptors (Lipinski definition) is 2. The molecule has 4 heteroatoms. The molecule has 1 aliphatic rings. The van der Waals surface area contributed by atoms with Crippen LogP contribution in [0, 0.1) is 24.5 Å². The van der Waals surface area contributed by atoms with E-state index in [1.807, 2.05) is 0 Å². The molecule has 0 amide bonds. The summed E-state index contributed by atoms with van der Waals surface area (Å²) in [5.74, 6) is -0.681. The van der Waals surface area contributed by atoms with Crippen LogP contribution in [0.5, 0.6) is 0 Å². The lowest BCUT2D eigenvalue weighted by Gasteiger charge is -2.31. The van der Waals surface area contributed by atoms with E-state index in [0.29, 0.717) is 18.8 Å². The molecule has 1 heterocycles. The molecule has 0 spiro atoms. The first-order valence-corrected chi connectivity index (χ1v) is 6.34. The average Bonchev–Trinajstić information content (AvgIpc) is 2.40. The molecule has 1 atom stereocenters. The molecule has 18 heavy (non-hydrogen) atoms. The second kappa shape index (κ2) is 5.76. The number of hydrogen-bond donors (Lipinski definition) is 1. The summed E-state index contributed by atoms with van der Waals surface area (Å²) in [5, 5.41) is 3.06. The molecule has 0 aromatic heterocycles. The van der Waals surface area contributed by atoms with Crippen molar-refractivity contribution < 1.29 is 13.5 Å². The third kappa shape index (κ3) is 2.54. The van der Waals surface area contributed by atoms with Gasteiger partial charge in [0.25, 0.3) is 0 Å². The predicted octanol–water partition coefficient (Wildman–Crippen LogP) is 2.96. The summed E-state index contributed by atoms with van der Waals surface area (Å²) >= 11 is 0. The molecule has 1 aromatic rings. The van der Waals surface area contributed by atoms with E-state index < -0.39 is 11.6 Å². The van der Waals surface area contributed by atoms with Gasteiger partial charge in [-0.05, 0) is 44.4 Å². The van der Waals surface area contributed by atoms with Gasteiger partial charge in [0.15, 0.2) is 0 Å². The van der Waals surface area contributed by atoms with Crippen molar-refractivity contribution in [3.8, 4) is 0 Å². The topological polar surface area (TPSA) is 21.3 Å². The first-order chi connectivity index (χ1) is 8.65. The standard InChI is InChI=1S/C14H19F2NO/c1-9-3-4-11(15)12(13(9)16)14(17-2)10-5-7-18-8-6-10/h3-4,10,14,17H,5-8H2,1-2H3. The molecule has 1 aromatic carbocycles. The normalized spacial score (nSPS) is 18.9. The summed E-state index contributed by atoms with van der Waals surface area (Å²) in [4.78, 5) is 0. The molecule has 1 saturated heterocycles. The molecule has 0 bridgehead atoms. The smallest absolute Gasteiger partial charge is 0.133 e. The molecular weight excluding hydrogens is 236 g/mol. The zero-order valence-corrected chi connectivity index (χ0v) is 10.8. The SMILES string of the molecule is CNC(c1c(F)ccc(C)c1F)C1CCOCC1. The van der Waals surface area contributed by atoms with Crippen LogP contribution in [0.3, 0.4) is 0 Å². The van der Waals surface area contributed by atoms with Crippen LogP contribution in [0.1, 0.15) is 30.0 Å². The van der Waals surface area contributed by atoms with E-state index in [1.54, 1.807) is 14.0 Å². The fraction of sp³-hybridized carbons (Fsp3) is 0.571. The molecular formula is C14H19F2NO. The first-order valence-electron chi connectivity index (χ1n) is 6.34. The summed E-state index contributed by atoms with van der Waals surface area (Å²) in [7, 11) is 1.75. The number of halogens is 2. The summed E-state index contributed by atoms with van der Waals surface area (Å²) in [6.45, 7) is 2.99. The molecule has 100 valence electrons. The summed E-state index contributed by atoms with van der Waals surface area (Å²) in [6, 6.07) is 2.54. The molecule has 1 fully saturated rings. The van der Waals surface area contributed by atoms with Crippen LogP contribution in [0.2, 0.25) is 0 Å². The van der Waals surface area contributed by atoms with E-state index in [0.717, 1.165) is 12.8 Å². The quantitative estimate of drug-likeness (QED) is 0.896. The van der Waals surface area contributed by atoms with Crippen LogP contribution in [0.15, 0.2) is 12.1 Å². The minimum absolute atomic E-state index is 0.171. The van der Waals surface area contributed by atoms with E-state index in [-0.39, 0.29) is 17.5 Å². The van der Waals surface area contributed by atoms with E-state index >= 15 is 0 Å². The maximum absolute atomic E-state index is 14.1. The minimum Gasteiger partial charge on any atom is -0.381 e. The highest BCUT2D eigenvalue weighted by Crippen LogP contribution is 2.33. The van der Waals surface area contributed by atoms with Crippen LogP contribution >= 0.6 is 0 Å². The van der Waals surface area contributed by atoms with E-state index in [9.17, 15) is 8.78 Å². The van der Waals surface area contributed by atoms with Crippen LogP contribution in [0.4, 0.5) is 8.78 Å². The molecule has 2 rings (SSSR count). The number of benzene rings is 1. The van der Waals surface area contributed by atoms with Gasteiger partial charge in [0.05, 0.1) is 0 Å². The fourth-order valence-electron chi connectivity index (χ4n) is 2.63. The fourth-order valence-corrected chi connectivity index (χ4v) is 2.63. The summed E-state index contributed by atoms with van der Waals surface area (Å²) in [5.41, 5.74) is 0.656. The number of nitrogens with one attached hydrogen (secondary N) is 1. The monoisotopic (exact) mass is 255 g/mol. The second-order valence-electron chi connectivity index (χ2n) is 4.81. The largest absolute Gasteiger partial charge is 0.381 e. The zero-order valence-electron chi connectivity index (χ0n) is 10.8. The van der Waals surface area contributed by atoms with Crippen molar-refractivity contribution in [2.24, 2.45) is 5.92 Å². The minimum atomic E-state index is -0.469. The van der Waals surface area contributed by atoms with Gasteiger partial charge in [-0.25, -0.2) is 8.78 Å². The van der Waals surface area contributed by atoms with Gasteiger partial charge in [-0.1, -0.05) is 6.07 Å². The van der Waals surface area contributed by atoms with Gasteiger partial charge in [-0.2, -0.15) is 0 Å². The van der Waals surface area contributed by atoms with Crippen molar-refractivity contribution >= 4 is 0 Å². The van der Waals surface area contributed by atoms with Gasteiger partial charge in [-0.15, -0.1) is 0 Å². The Morgan fingerprint density at radius 3 is 2.56 bits per heavy atom. The third-order valence-electron chi connectivity index (χ3n) is 3.68. The van der Waals surface area contributed by atoms with Crippen molar-refractivity contribution in [3.63, 3.8) is 0 Å². The van der Waals surface area contributed by atoms with Gasteiger partial charge in [-0.3, -0.25) is 0 Å². The Hall–Kier alpha value is -1.00. The maximum Gasteiger partial charge on any atom is 0.133 e. The van der Waals surface area contributed by atoms with Crippen molar-refractivity contribution in [3.05, 3.63) is 34.9 Å². The van der Waals surface area contributed by atoms with Crippen LogP contribution in [-0.4, -0.2) is 20.3 Å². The van der Waals surface area contributed by atoms with Crippen LogP contribution in [0.25, 0.3) is 0 Å². The zero-order chi connectivity index (χ0) is 13.1. The average molecular weight is 255 g/mol. The Morgan fingerprint density at radius 2 is 1.94 bits per heavy atom. The third-order valence-corrected chi connectivity index (χ3v) is 3.68. The Balaban J connectivity index is 2.34. The second-order valence-corrected chi connectivity index (χ2v) is 4.81. The molecule has 0 saturated carbocycles. The van der Waals surface area contributed by atoms with Gasteiger partial charge >= 0.3 is 0 Å². The Kier molecular flexibility index (Phi) is 4.30. The van der Waals surface area contributed by atoms with Crippen LogP contribution < -0.4 is 5.32 Å². The van der Waals surface area contributed by atoms with Crippen molar-refractivity contribution in [1.29, 1.82) is 0 Å². The highest BCUT2D eigenvalue weighted by atomic mass is 19.1. The van der Waals surface area contributed by atoms with Gasteiger partial charge < -0.3 is 10.1 Å². The molecule has 1 aliphatic heterocycles. The predicted molar refractivity (Wildman–Crippen MR) is 66.4 cm³/mol. The molecule has 1 N–H and O–H groups in total. The maximum atomic E-state index is 14.1. The van der Waals surface area contributed by atoms with E-state index in [2.05, 4.69) is 5.32 Å². The lowest BCUT2D eigenvalue weighted by molar-refractivity contribution is 0.0536. The van der Waals surface area contributed by atoms with E-state index in [1.165, 1.54) is 12.1 Å². The molecule has 2 nitrogen and oxygen atoms in total. The lowest BCUT2D eigenvalue weighted by atomic mass is 9.86. The Bertz CT molecular complexity index is 417. The number of aryl methyl sites for hydroxylation is 1. The highest BCUT2D eigenvalue weighted by molar-refractivity contribution is 5.29. The highest BCUT2D eigenvalue weighted by Gasteiger charge is 2.29. The van der Waals surface area contributed by atoms with Crippen LogP contribution in [-0.2, 0) is 4.74 Å². The van der Waals surface area contributed by atoms with Crippen molar-refractivity contribution in [1.82, 2.24) is 5.32 Å². The molecule has 0 aliphatic carbocycles. The Morgan fingerprint density at radius 1 is 1.28 bits per heavy atom. The number of rotatable bonds is 3. The summed E-state index contributed by atoms with van der Waals surface area (Å²) < 4.78 is 33.4. The molecule has 0 radical (unpaired) electrons. The van der Waals surface area contributed by atoms with Crippen molar-refractivity contribution in [2.45, 2.75) is 25.8 Å². The van der Waals surface area contributed by atoms with Crippen molar-refractivity contribution in [2.75, 3.05) is 20.3 Å². The van der Waals surface area contributed by atoms with E-state index in [4.69, 9.17) is 4.74 Å². The number of ether oxygens (including phenoxy) is 1. The van der Waals surface area contributed by atoms with Gasteiger partial charge in [0.2, 0.25) is 0 Å². The lowest BCUT2D eigenvalue weighted by Crippen LogP contribution is -2.31. The first kappa shape index (κ1) is 13.4. The Labute approximate surface area is 106 Å². The molecule has 1 unspecified atom stereocenters. The summed E-state index contributed by atoms with van der Waals surface area (Å²) in [6.07, 6.45) is 1.66.